The van der Waals surface area contributed by atoms with Crippen LogP contribution < -0.4 is 0 Å². The number of hydrogen-bond acceptors (Lipinski definition) is 2. The Hall–Kier alpha value is -1.54. The van der Waals surface area contributed by atoms with Crippen LogP contribution in [0.5, 0.6) is 0 Å². The maximum absolute atomic E-state index is 10.8. The molecule has 100 valence electrons. The van der Waals surface area contributed by atoms with Gasteiger partial charge in [0.1, 0.15) is 0 Å². The highest BCUT2D eigenvalue weighted by Gasteiger charge is 2.41. The highest BCUT2D eigenvalue weighted by Crippen LogP contribution is 2.44. The van der Waals surface area contributed by atoms with Gasteiger partial charge >= 0.3 is 0 Å². The van der Waals surface area contributed by atoms with Crippen molar-refractivity contribution < 1.29 is 9.52 Å². The molecule has 1 aliphatic rings. The van der Waals surface area contributed by atoms with Gasteiger partial charge in [-0.2, -0.15) is 0 Å². The lowest BCUT2D eigenvalue weighted by molar-refractivity contribution is 0.0824. The molecule has 3 rings (SSSR count). The van der Waals surface area contributed by atoms with Crippen LogP contribution in [-0.2, 0) is 11.8 Å². The van der Waals surface area contributed by atoms with E-state index >= 15 is 0 Å². The van der Waals surface area contributed by atoms with Crippen molar-refractivity contribution in [2.24, 2.45) is 0 Å². The minimum atomic E-state index is -0.338. The molecule has 0 spiro atoms. The summed E-state index contributed by atoms with van der Waals surface area (Å²) in [4.78, 5) is 0. The predicted molar refractivity (Wildman–Crippen MR) is 75.0 cm³/mol. The Morgan fingerprint density at radius 3 is 2.47 bits per heavy atom. The summed E-state index contributed by atoms with van der Waals surface area (Å²) in [5.74, 6) is 0. The predicted octanol–water partition coefficient (Wildman–Crippen LogP) is 3.70. The third-order valence-corrected chi connectivity index (χ3v) is 4.49. The molecule has 0 radical (unpaired) electrons. The van der Waals surface area contributed by atoms with Crippen LogP contribution in [0, 0.1) is 0 Å². The quantitative estimate of drug-likeness (QED) is 0.905. The Balaban J connectivity index is 1.88. The van der Waals surface area contributed by atoms with Crippen molar-refractivity contribution in [2.45, 2.75) is 43.6 Å². The van der Waals surface area contributed by atoms with Crippen molar-refractivity contribution in [3.05, 3.63) is 60.1 Å². The molecular weight excluding hydrogens is 236 g/mol. The fourth-order valence-corrected chi connectivity index (χ4v) is 3.42. The molecule has 0 amide bonds. The molecule has 1 saturated carbocycles. The van der Waals surface area contributed by atoms with Crippen molar-refractivity contribution >= 4 is 0 Å². The summed E-state index contributed by atoms with van der Waals surface area (Å²) in [5.41, 5.74) is 2.29. The number of benzene rings is 1. The minimum Gasteiger partial charge on any atom is -0.472 e. The first-order valence-corrected chi connectivity index (χ1v) is 7.06. The molecule has 1 unspecified atom stereocenters. The topological polar surface area (TPSA) is 33.4 Å². The van der Waals surface area contributed by atoms with E-state index in [1.54, 1.807) is 12.5 Å². The van der Waals surface area contributed by atoms with Crippen LogP contribution in [0.3, 0.4) is 0 Å². The summed E-state index contributed by atoms with van der Waals surface area (Å²) in [6.45, 7) is 0. The van der Waals surface area contributed by atoms with Crippen LogP contribution in [-0.4, -0.2) is 11.2 Å². The third kappa shape index (κ3) is 2.33. The second-order valence-electron chi connectivity index (χ2n) is 5.58. The summed E-state index contributed by atoms with van der Waals surface area (Å²) < 4.78 is 5.11. The van der Waals surface area contributed by atoms with Gasteiger partial charge in [0.2, 0.25) is 0 Å². The molecule has 2 aromatic rings. The van der Waals surface area contributed by atoms with Gasteiger partial charge in [0.05, 0.1) is 18.6 Å². The summed E-state index contributed by atoms with van der Waals surface area (Å²) in [5, 5.41) is 10.8. The lowest BCUT2D eigenvalue weighted by Gasteiger charge is -2.35. The van der Waals surface area contributed by atoms with Crippen LogP contribution in [0.4, 0.5) is 0 Å². The van der Waals surface area contributed by atoms with Gasteiger partial charge in [-0.15, -0.1) is 0 Å². The van der Waals surface area contributed by atoms with Crippen molar-refractivity contribution in [1.82, 2.24) is 0 Å². The number of furan rings is 1. The Morgan fingerprint density at radius 1 is 1.11 bits per heavy atom. The van der Waals surface area contributed by atoms with E-state index in [0.717, 1.165) is 18.4 Å². The van der Waals surface area contributed by atoms with E-state index in [1.165, 1.54) is 18.4 Å². The van der Waals surface area contributed by atoms with Gasteiger partial charge in [0.25, 0.3) is 0 Å². The molecule has 1 aliphatic carbocycles. The third-order valence-electron chi connectivity index (χ3n) is 4.49. The lowest BCUT2D eigenvalue weighted by Crippen LogP contribution is -2.38. The van der Waals surface area contributed by atoms with Gasteiger partial charge in [0.15, 0.2) is 0 Å². The first-order valence-electron chi connectivity index (χ1n) is 7.06. The molecule has 0 saturated heterocycles. The fourth-order valence-electron chi connectivity index (χ4n) is 3.42. The fraction of sp³-hybridized carbons (Fsp3) is 0.412. The molecule has 1 N–H and O–H groups in total. The van der Waals surface area contributed by atoms with Gasteiger partial charge in [-0.3, -0.25) is 0 Å². The average molecular weight is 256 g/mol. The molecule has 1 aromatic heterocycles. The number of rotatable bonds is 4. The van der Waals surface area contributed by atoms with E-state index in [-0.39, 0.29) is 11.5 Å². The van der Waals surface area contributed by atoms with Gasteiger partial charge in [0, 0.05) is 11.8 Å². The largest absolute Gasteiger partial charge is 0.472 e. The minimum absolute atomic E-state index is 0.0709. The number of aliphatic hydroxyl groups is 1. The zero-order valence-corrected chi connectivity index (χ0v) is 11.1. The molecule has 2 heteroatoms. The smallest absolute Gasteiger partial charge is 0.0935 e. The Morgan fingerprint density at radius 2 is 1.84 bits per heavy atom. The Bertz CT molecular complexity index is 495. The standard InChI is InChI=1S/C17H20O2/c18-16(12-14-8-11-19-13-14)17(9-4-5-10-17)15-6-2-1-3-7-15/h1-3,6-8,11,13,16,18H,4-5,9-10,12H2. The molecule has 0 aliphatic heterocycles. The second kappa shape index (κ2) is 5.22. The van der Waals surface area contributed by atoms with Crippen molar-refractivity contribution in [3.63, 3.8) is 0 Å². The van der Waals surface area contributed by atoms with Gasteiger partial charge in [-0.1, -0.05) is 43.2 Å². The van der Waals surface area contributed by atoms with E-state index in [0.29, 0.717) is 6.42 Å². The highest BCUT2D eigenvalue weighted by atomic mass is 16.3. The lowest BCUT2D eigenvalue weighted by atomic mass is 9.72. The number of aliphatic hydroxyl groups excluding tert-OH is 1. The molecule has 1 fully saturated rings. The normalized spacial score (nSPS) is 19.4. The summed E-state index contributed by atoms with van der Waals surface area (Å²) in [6, 6.07) is 12.4. The Kier molecular flexibility index (Phi) is 3.43. The van der Waals surface area contributed by atoms with Crippen LogP contribution in [0.15, 0.2) is 53.3 Å². The van der Waals surface area contributed by atoms with Gasteiger partial charge < -0.3 is 9.52 Å². The molecule has 1 aromatic carbocycles. The van der Waals surface area contributed by atoms with Gasteiger partial charge in [-0.25, -0.2) is 0 Å². The summed E-state index contributed by atoms with van der Waals surface area (Å²) in [7, 11) is 0. The zero-order chi connectivity index (χ0) is 13.1. The highest BCUT2D eigenvalue weighted by molar-refractivity contribution is 5.29. The zero-order valence-electron chi connectivity index (χ0n) is 11.1. The molecule has 2 nitrogen and oxygen atoms in total. The van der Waals surface area contributed by atoms with E-state index < -0.39 is 0 Å². The summed E-state index contributed by atoms with van der Waals surface area (Å²) >= 11 is 0. The maximum Gasteiger partial charge on any atom is 0.0935 e. The van der Waals surface area contributed by atoms with Crippen molar-refractivity contribution in [2.75, 3.05) is 0 Å². The molecular formula is C17H20O2. The molecule has 1 heterocycles. The van der Waals surface area contributed by atoms with E-state index in [1.807, 2.05) is 12.1 Å². The molecule has 19 heavy (non-hydrogen) atoms. The van der Waals surface area contributed by atoms with E-state index in [9.17, 15) is 5.11 Å². The first-order chi connectivity index (χ1) is 9.31. The Labute approximate surface area is 114 Å². The second-order valence-corrected chi connectivity index (χ2v) is 5.58. The van der Waals surface area contributed by atoms with Crippen LogP contribution in [0.1, 0.15) is 36.8 Å². The van der Waals surface area contributed by atoms with Crippen LogP contribution in [0.2, 0.25) is 0 Å². The number of hydrogen-bond donors (Lipinski definition) is 1. The van der Waals surface area contributed by atoms with Crippen molar-refractivity contribution in [3.8, 4) is 0 Å². The van der Waals surface area contributed by atoms with Crippen molar-refractivity contribution in [1.29, 1.82) is 0 Å². The van der Waals surface area contributed by atoms with Crippen LogP contribution in [0.25, 0.3) is 0 Å². The van der Waals surface area contributed by atoms with Crippen LogP contribution >= 0.6 is 0 Å². The van der Waals surface area contributed by atoms with E-state index in [4.69, 9.17) is 4.42 Å². The van der Waals surface area contributed by atoms with E-state index in [2.05, 4.69) is 24.3 Å². The average Bonchev–Trinajstić information content (AvgIpc) is 3.11. The molecule has 1 atom stereocenters. The monoisotopic (exact) mass is 256 g/mol. The SMILES string of the molecule is OC(Cc1ccoc1)C1(c2ccccc2)CCCC1. The first kappa shape index (κ1) is 12.5. The maximum atomic E-state index is 10.8. The summed E-state index contributed by atoms with van der Waals surface area (Å²) in [6.07, 6.45) is 8.31. The molecule has 0 bridgehead atoms. The van der Waals surface area contributed by atoms with Gasteiger partial charge in [-0.05, 0) is 30.0 Å².